The Morgan fingerprint density at radius 2 is 1.63 bits per heavy atom. The van der Waals surface area contributed by atoms with E-state index in [1.165, 1.54) is 4.90 Å². The molecule has 7 nitrogen and oxygen atoms in total. The first-order chi connectivity index (χ1) is 16.5. The van der Waals surface area contributed by atoms with Crippen molar-refractivity contribution in [1.29, 1.82) is 0 Å². The standard InChI is InChI=1S/C26H36ClN3O4S/c1-6-19(4)28-26(32)24(8-3)29(17-21-11-9-10-12-23(21)27)25(31)18-30(35(5,33)34)22-15-13-20(7-2)14-16-22/h9-16,19,24H,6-8,17-18H2,1-5H3,(H,28,32)/t19-,24+/m1/s1. The van der Waals surface area contributed by atoms with Gasteiger partial charge in [-0.1, -0.05) is 62.7 Å². The molecular weight excluding hydrogens is 486 g/mol. The summed E-state index contributed by atoms with van der Waals surface area (Å²) >= 11 is 6.37. The molecule has 0 aromatic heterocycles. The Hall–Kier alpha value is -2.58. The zero-order chi connectivity index (χ0) is 26.2. The number of sulfonamides is 1. The molecule has 0 aliphatic carbocycles. The first kappa shape index (κ1) is 28.7. The Morgan fingerprint density at radius 1 is 1.00 bits per heavy atom. The Balaban J connectivity index is 2.44. The summed E-state index contributed by atoms with van der Waals surface area (Å²) in [4.78, 5) is 28.2. The van der Waals surface area contributed by atoms with Crippen LogP contribution in [0.15, 0.2) is 48.5 Å². The summed E-state index contributed by atoms with van der Waals surface area (Å²) in [5.41, 5.74) is 2.13. The second-order valence-corrected chi connectivity index (χ2v) is 11.0. The minimum absolute atomic E-state index is 0.0570. The number of carbonyl (C=O) groups is 2. The third kappa shape index (κ3) is 7.97. The number of rotatable bonds is 12. The van der Waals surface area contributed by atoms with Crippen molar-refractivity contribution in [2.75, 3.05) is 17.1 Å². The Kier molecular flexibility index (Phi) is 10.6. The van der Waals surface area contributed by atoms with Crippen molar-refractivity contribution in [3.63, 3.8) is 0 Å². The third-order valence-electron chi connectivity index (χ3n) is 6.00. The molecule has 0 bridgehead atoms. The van der Waals surface area contributed by atoms with Crippen LogP contribution in [-0.4, -0.2) is 50.0 Å². The van der Waals surface area contributed by atoms with Crippen molar-refractivity contribution in [1.82, 2.24) is 10.2 Å². The third-order valence-corrected chi connectivity index (χ3v) is 7.51. The number of aryl methyl sites for hydroxylation is 1. The fourth-order valence-corrected chi connectivity index (χ4v) is 4.73. The molecule has 2 atom stereocenters. The molecule has 0 spiro atoms. The zero-order valence-electron chi connectivity index (χ0n) is 21.1. The number of halogens is 1. The molecule has 0 saturated carbocycles. The van der Waals surface area contributed by atoms with E-state index in [4.69, 9.17) is 11.6 Å². The molecule has 9 heteroatoms. The van der Waals surface area contributed by atoms with Gasteiger partial charge in [0.05, 0.1) is 11.9 Å². The van der Waals surface area contributed by atoms with E-state index in [0.29, 0.717) is 22.7 Å². The van der Waals surface area contributed by atoms with Crippen molar-refractivity contribution in [3.8, 4) is 0 Å². The average Bonchev–Trinajstić information content (AvgIpc) is 2.82. The van der Waals surface area contributed by atoms with Gasteiger partial charge in [-0.15, -0.1) is 0 Å². The predicted octanol–water partition coefficient (Wildman–Crippen LogP) is 4.39. The number of anilines is 1. The summed E-state index contributed by atoms with van der Waals surface area (Å²) in [6, 6.07) is 13.3. The minimum Gasteiger partial charge on any atom is -0.352 e. The monoisotopic (exact) mass is 521 g/mol. The summed E-state index contributed by atoms with van der Waals surface area (Å²) in [5.74, 6) is -0.762. The van der Waals surface area contributed by atoms with Crippen molar-refractivity contribution < 1.29 is 18.0 Å². The summed E-state index contributed by atoms with van der Waals surface area (Å²) in [5, 5.41) is 3.42. The second-order valence-electron chi connectivity index (χ2n) is 8.64. The van der Waals surface area contributed by atoms with E-state index in [1.54, 1.807) is 30.3 Å². The lowest BCUT2D eigenvalue weighted by Gasteiger charge is -2.33. The van der Waals surface area contributed by atoms with Gasteiger partial charge < -0.3 is 10.2 Å². The maximum Gasteiger partial charge on any atom is 0.244 e. The van der Waals surface area contributed by atoms with E-state index in [2.05, 4.69) is 5.32 Å². The lowest BCUT2D eigenvalue weighted by molar-refractivity contribution is -0.140. The minimum atomic E-state index is -3.76. The van der Waals surface area contributed by atoms with Gasteiger partial charge >= 0.3 is 0 Å². The molecule has 0 unspecified atom stereocenters. The largest absolute Gasteiger partial charge is 0.352 e. The highest BCUT2D eigenvalue weighted by Crippen LogP contribution is 2.23. The van der Waals surface area contributed by atoms with Crippen LogP contribution >= 0.6 is 11.6 Å². The summed E-state index contributed by atoms with van der Waals surface area (Å²) < 4.78 is 26.4. The molecule has 0 saturated heterocycles. The Bertz CT molecular complexity index is 1110. The van der Waals surface area contributed by atoms with Crippen LogP contribution in [0.1, 0.15) is 51.7 Å². The highest BCUT2D eigenvalue weighted by atomic mass is 35.5. The molecule has 0 aliphatic heterocycles. The molecule has 192 valence electrons. The molecule has 2 rings (SSSR count). The molecule has 1 N–H and O–H groups in total. The lowest BCUT2D eigenvalue weighted by Crippen LogP contribution is -2.53. The number of carbonyl (C=O) groups excluding carboxylic acids is 2. The summed E-state index contributed by atoms with van der Waals surface area (Å²) in [6.45, 7) is 7.35. The molecule has 0 fully saturated rings. The van der Waals surface area contributed by atoms with E-state index < -0.39 is 28.5 Å². The summed E-state index contributed by atoms with van der Waals surface area (Å²) in [6.07, 6.45) is 2.99. The number of amides is 2. The van der Waals surface area contributed by atoms with Crippen LogP contribution in [0.3, 0.4) is 0 Å². The van der Waals surface area contributed by atoms with E-state index in [0.717, 1.165) is 29.0 Å². The summed E-state index contributed by atoms with van der Waals surface area (Å²) in [7, 11) is -3.76. The van der Waals surface area contributed by atoms with Crippen molar-refractivity contribution in [3.05, 3.63) is 64.7 Å². The number of nitrogens with zero attached hydrogens (tertiary/aromatic N) is 2. The van der Waals surface area contributed by atoms with Crippen LogP contribution < -0.4 is 9.62 Å². The topological polar surface area (TPSA) is 86.8 Å². The predicted molar refractivity (Wildman–Crippen MR) is 142 cm³/mol. The first-order valence-corrected chi connectivity index (χ1v) is 14.1. The van der Waals surface area contributed by atoms with Crippen LogP contribution in [0.25, 0.3) is 0 Å². The molecule has 2 aromatic rings. The molecule has 2 aromatic carbocycles. The van der Waals surface area contributed by atoms with Gasteiger partial charge in [-0.05, 0) is 55.5 Å². The van der Waals surface area contributed by atoms with Crippen LogP contribution in [-0.2, 0) is 32.6 Å². The van der Waals surface area contributed by atoms with Gasteiger partial charge in [0, 0.05) is 17.6 Å². The van der Waals surface area contributed by atoms with Crippen LogP contribution in [0.4, 0.5) is 5.69 Å². The molecule has 0 radical (unpaired) electrons. The molecule has 0 aliphatic rings. The van der Waals surface area contributed by atoms with Crippen LogP contribution in [0, 0.1) is 0 Å². The highest BCUT2D eigenvalue weighted by Gasteiger charge is 2.32. The molecular formula is C26H36ClN3O4S. The maximum absolute atomic E-state index is 13.7. The molecule has 0 heterocycles. The van der Waals surface area contributed by atoms with Gasteiger partial charge in [0.2, 0.25) is 21.8 Å². The molecule has 35 heavy (non-hydrogen) atoms. The second kappa shape index (κ2) is 12.9. The van der Waals surface area contributed by atoms with Gasteiger partial charge in [0.25, 0.3) is 0 Å². The fourth-order valence-electron chi connectivity index (χ4n) is 3.68. The number of hydrogen-bond donors (Lipinski definition) is 1. The first-order valence-electron chi connectivity index (χ1n) is 11.9. The van der Waals surface area contributed by atoms with Crippen molar-refractivity contribution in [2.24, 2.45) is 0 Å². The normalized spacial score (nSPS) is 13.1. The lowest BCUT2D eigenvalue weighted by atomic mass is 10.1. The van der Waals surface area contributed by atoms with E-state index in [1.807, 2.05) is 45.9 Å². The maximum atomic E-state index is 13.7. The number of hydrogen-bond acceptors (Lipinski definition) is 4. The molecule has 2 amide bonds. The Morgan fingerprint density at radius 3 is 2.14 bits per heavy atom. The zero-order valence-corrected chi connectivity index (χ0v) is 22.7. The SMILES string of the molecule is CCc1ccc(N(CC(=O)N(Cc2ccccc2Cl)[C@@H](CC)C(=O)N[C@H](C)CC)S(C)(=O)=O)cc1. The number of benzene rings is 2. The van der Waals surface area contributed by atoms with Gasteiger partial charge in [-0.25, -0.2) is 8.42 Å². The van der Waals surface area contributed by atoms with Crippen molar-refractivity contribution >= 4 is 39.1 Å². The van der Waals surface area contributed by atoms with Gasteiger partial charge in [0.1, 0.15) is 12.6 Å². The van der Waals surface area contributed by atoms with E-state index >= 15 is 0 Å². The van der Waals surface area contributed by atoms with Gasteiger partial charge in [-0.2, -0.15) is 0 Å². The van der Waals surface area contributed by atoms with E-state index in [9.17, 15) is 18.0 Å². The van der Waals surface area contributed by atoms with Crippen LogP contribution in [0.2, 0.25) is 5.02 Å². The smallest absolute Gasteiger partial charge is 0.244 e. The van der Waals surface area contributed by atoms with Crippen LogP contribution in [0.5, 0.6) is 0 Å². The van der Waals surface area contributed by atoms with Gasteiger partial charge in [-0.3, -0.25) is 13.9 Å². The van der Waals surface area contributed by atoms with Gasteiger partial charge in [0.15, 0.2) is 0 Å². The fraction of sp³-hybridized carbons (Fsp3) is 0.462. The van der Waals surface area contributed by atoms with E-state index in [-0.39, 0.29) is 18.5 Å². The highest BCUT2D eigenvalue weighted by molar-refractivity contribution is 7.92. The Labute approximate surface area is 214 Å². The number of nitrogens with one attached hydrogen (secondary N) is 1. The average molecular weight is 522 g/mol. The quantitative estimate of drug-likeness (QED) is 0.448. The van der Waals surface area contributed by atoms with Crippen molar-refractivity contribution in [2.45, 2.75) is 65.6 Å².